The third-order valence-corrected chi connectivity index (χ3v) is 3.75. The molecule has 1 N–H and O–H groups in total. The zero-order valence-electron chi connectivity index (χ0n) is 15.4. The number of likely N-dealkylation sites (tertiary alicyclic amines) is 1. The molecule has 0 aromatic carbocycles. The molecular weight excluding hydrogens is 332 g/mol. The van der Waals surface area contributed by atoms with Gasteiger partial charge in [0.05, 0.1) is 0 Å². The highest BCUT2D eigenvalue weighted by Gasteiger charge is 2.30. The van der Waals surface area contributed by atoms with E-state index in [4.69, 9.17) is 4.74 Å². The van der Waals surface area contributed by atoms with Gasteiger partial charge in [-0.3, -0.25) is 9.59 Å². The predicted octanol–water partition coefficient (Wildman–Crippen LogP) is 2.72. The summed E-state index contributed by atoms with van der Waals surface area (Å²) in [5.74, 6) is 0.624. The molecule has 0 aliphatic carbocycles. The first kappa shape index (κ1) is 22.9. The number of hydrogen-bond donors (Lipinski definition) is 1. The van der Waals surface area contributed by atoms with Gasteiger partial charge in [0.2, 0.25) is 0 Å². The fourth-order valence-electron chi connectivity index (χ4n) is 2.57. The maximum atomic E-state index is 11.7. The summed E-state index contributed by atoms with van der Waals surface area (Å²) in [7, 11) is 0. The number of ether oxygens (including phenoxy) is 1. The Bertz CT molecular complexity index is 448. The molecule has 0 bridgehead atoms. The van der Waals surface area contributed by atoms with E-state index >= 15 is 0 Å². The van der Waals surface area contributed by atoms with Crippen molar-refractivity contribution in [1.82, 2.24) is 10.2 Å². The summed E-state index contributed by atoms with van der Waals surface area (Å²) in [5.41, 5.74) is -0.474. The molecule has 0 saturated carbocycles. The summed E-state index contributed by atoms with van der Waals surface area (Å²) in [5, 5.41) is 3.19. The van der Waals surface area contributed by atoms with Crippen molar-refractivity contribution in [3.05, 3.63) is 0 Å². The van der Waals surface area contributed by atoms with E-state index in [1.807, 2.05) is 34.6 Å². The molecule has 140 valence electrons. The molecule has 6 nitrogen and oxygen atoms in total. The number of carbonyl (C=O) groups excluding carboxylic acids is 3. The fourth-order valence-corrected chi connectivity index (χ4v) is 2.57. The first-order valence-corrected chi connectivity index (χ1v) is 8.35. The summed E-state index contributed by atoms with van der Waals surface area (Å²) in [4.78, 5) is 35.1. The van der Waals surface area contributed by atoms with Gasteiger partial charge in [0.25, 0.3) is 0 Å². The SMILES string of the molecule is CC1CC(=O)CCN1.CC1CC(=O)CCN1C(=O)OC(C)(C)C.Cl. The Labute approximate surface area is 151 Å². The third-order valence-electron chi connectivity index (χ3n) is 3.75. The van der Waals surface area contributed by atoms with E-state index in [1.165, 1.54) is 0 Å². The Morgan fingerprint density at radius 1 is 1.12 bits per heavy atom. The molecule has 24 heavy (non-hydrogen) atoms. The van der Waals surface area contributed by atoms with Crippen LogP contribution in [0.5, 0.6) is 0 Å². The highest BCUT2D eigenvalue weighted by molar-refractivity contribution is 5.85. The highest BCUT2D eigenvalue weighted by atomic mass is 35.5. The van der Waals surface area contributed by atoms with Gasteiger partial charge in [-0.25, -0.2) is 4.79 Å². The first-order valence-electron chi connectivity index (χ1n) is 8.35. The number of halogens is 1. The molecule has 2 heterocycles. The van der Waals surface area contributed by atoms with Crippen LogP contribution in [-0.4, -0.2) is 53.3 Å². The second kappa shape index (κ2) is 9.99. The average Bonchev–Trinajstić information content (AvgIpc) is 2.36. The van der Waals surface area contributed by atoms with Crippen molar-refractivity contribution < 1.29 is 19.1 Å². The van der Waals surface area contributed by atoms with Gasteiger partial charge in [-0.05, 0) is 34.6 Å². The number of hydrogen-bond acceptors (Lipinski definition) is 5. The average molecular weight is 363 g/mol. The van der Waals surface area contributed by atoms with Gasteiger partial charge in [-0.2, -0.15) is 0 Å². The van der Waals surface area contributed by atoms with E-state index in [2.05, 4.69) is 5.32 Å². The van der Waals surface area contributed by atoms with Crippen molar-refractivity contribution in [2.24, 2.45) is 0 Å². The lowest BCUT2D eigenvalue weighted by molar-refractivity contribution is -0.122. The zero-order chi connectivity index (χ0) is 17.6. The van der Waals surface area contributed by atoms with E-state index in [9.17, 15) is 14.4 Å². The monoisotopic (exact) mass is 362 g/mol. The summed E-state index contributed by atoms with van der Waals surface area (Å²) in [6, 6.07) is 0.373. The molecule has 1 amide bonds. The quantitative estimate of drug-likeness (QED) is 0.717. The standard InChI is InChI=1S/C11H19NO3.C6H11NO.ClH/c1-8-7-9(13)5-6-12(8)10(14)15-11(2,3)4;1-5-4-6(8)2-3-7-5;/h8H,5-7H2,1-4H3;5,7H,2-4H2,1H3;1H. The van der Waals surface area contributed by atoms with Crippen LogP contribution >= 0.6 is 12.4 Å². The number of carbonyl (C=O) groups is 3. The van der Waals surface area contributed by atoms with Gasteiger partial charge in [0, 0.05) is 50.9 Å². The molecular formula is C17H31ClN2O4. The Kier molecular flexibility index (Phi) is 9.51. The fraction of sp³-hybridized carbons (Fsp3) is 0.824. The van der Waals surface area contributed by atoms with Gasteiger partial charge >= 0.3 is 6.09 Å². The van der Waals surface area contributed by atoms with Crippen molar-refractivity contribution in [1.29, 1.82) is 0 Å². The minimum Gasteiger partial charge on any atom is -0.444 e. The lowest BCUT2D eigenvalue weighted by Crippen LogP contribution is -2.46. The summed E-state index contributed by atoms with van der Waals surface area (Å²) in [6.45, 7) is 10.8. The van der Waals surface area contributed by atoms with E-state index in [-0.39, 0.29) is 30.3 Å². The van der Waals surface area contributed by atoms with Crippen LogP contribution in [-0.2, 0) is 14.3 Å². The van der Waals surface area contributed by atoms with Crippen LogP contribution in [0.15, 0.2) is 0 Å². The lowest BCUT2D eigenvalue weighted by atomic mass is 10.0. The normalized spacial score (nSPS) is 24.5. The Morgan fingerprint density at radius 2 is 1.71 bits per heavy atom. The third kappa shape index (κ3) is 8.64. The molecule has 2 aliphatic heterocycles. The molecule has 0 spiro atoms. The number of ketones is 2. The van der Waals surface area contributed by atoms with Gasteiger partial charge in [0.1, 0.15) is 17.2 Å². The Morgan fingerprint density at radius 3 is 2.12 bits per heavy atom. The second-order valence-corrected chi connectivity index (χ2v) is 7.36. The van der Waals surface area contributed by atoms with E-state index in [0.29, 0.717) is 31.2 Å². The van der Waals surface area contributed by atoms with Crippen LogP contribution in [0, 0.1) is 0 Å². The van der Waals surface area contributed by atoms with E-state index in [1.54, 1.807) is 4.90 Å². The molecule has 0 aromatic heterocycles. The molecule has 2 atom stereocenters. The number of nitrogens with one attached hydrogen (secondary N) is 1. The van der Waals surface area contributed by atoms with Crippen LogP contribution in [0.1, 0.15) is 60.3 Å². The van der Waals surface area contributed by atoms with Crippen LogP contribution in [0.2, 0.25) is 0 Å². The molecule has 2 aliphatic rings. The summed E-state index contributed by atoms with van der Waals surface area (Å²) in [6.07, 6.45) is 2.02. The highest BCUT2D eigenvalue weighted by Crippen LogP contribution is 2.18. The minimum absolute atomic E-state index is 0. The molecule has 0 aromatic rings. The van der Waals surface area contributed by atoms with Gasteiger partial charge < -0.3 is 15.0 Å². The van der Waals surface area contributed by atoms with Crippen molar-refractivity contribution in [2.45, 2.75) is 78.0 Å². The summed E-state index contributed by atoms with van der Waals surface area (Å²) >= 11 is 0. The molecule has 2 unspecified atom stereocenters. The Balaban J connectivity index is 0.000000498. The van der Waals surface area contributed by atoms with Crippen molar-refractivity contribution in [2.75, 3.05) is 13.1 Å². The number of nitrogens with zero attached hydrogens (tertiary/aromatic N) is 1. The minimum atomic E-state index is -0.474. The number of amides is 1. The largest absolute Gasteiger partial charge is 0.444 e. The summed E-state index contributed by atoms with van der Waals surface area (Å²) < 4.78 is 5.26. The van der Waals surface area contributed by atoms with E-state index in [0.717, 1.165) is 19.4 Å². The van der Waals surface area contributed by atoms with Crippen molar-refractivity contribution in [3.63, 3.8) is 0 Å². The molecule has 2 saturated heterocycles. The smallest absolute Gasteiger partial charge is 0.410 e. The Hall–Kier alpha value is -1.14. The van der Waals surface area contributed by atoms with Gasteiger partial charge in [-0.15, -0.1) is 12.4 Å². The zero-order valence-corrected chi connectivity index (χ0v) is 16.2. The maximum Gasteiger partial charge on any atom is 0.410 e. The van der Waals surface area contributed by atoms with Crippen LogP contribution < -0.4 is 5.32 Å². The second-order valence-electron chi connectivity index (χ2n) is 7.36. The van der Waals surface area contributed by atoms with Crippen LogP contribution in [0.4, 0.5) is 4.79 Å². The van der Waals surface area contributed by atoms with Crippen molar-refractivity contribution in [3.8, 4) is 0 Å². The van der Waals surface area contributed by atoms with Gasteiger partial charge in [0.15, 0.2) is 0 Å². The molecule has 2 fully saturated rings. The molecule has 2 rings (SSSR count). The number of rotatable bonds is 0. The number of Topliss-reactive ketones (excluding diaryl/α,β-unsaturated/α-hetero) is 2. The van der Waals surface area contributed by atoms with E-state index < -0.39 is 5.60 Å². The molecule has 7 heteroatoms. The maximum absolute atomic E-state index is 11.7. The van der Waals surface area contributed by atoms with Crippen LogP contribution in [0.25, 0.3) is 0 Å². The number of piperidine rings is 2. The van der Waals surface area contributed by atoms with Crippen molar-refractivity contribution >= 4 is 30.1 Å². The van der Waals surface area contributed by atoms with Crippen LogP contribution in [0.3, 0.4) is 0 Å². The lowest BCUT2D eigenvalue weighted by Gasteiger charge is -2.34. The van der Waals surface area contributed by atoms with Gasteiger partial charge in [-0.1, -0.05) is 0 Å². The first-order chi connectivity index (χ1) is 10.6. The predicted molar refractivity (Wildman–Crippen MR) is 95.6 cm³/mol. The topological polar surface area (TPSA) is 75.7 Å². The molecule has 0 radical (unpaired) electrons.